The average Bonchev–Trinajstić information content (AvgIpc) is 2.83. The standard InChI is InChI=1S/C14H18N4/c1-10(7-15)16-8-14(2,3)11-4-5-12-13(6-11)18-9-17-12/h4-6,9-10,16H,8H2,1-3H3,(H,17,18). The summed E-state index contributed by atoms with van der Waals surface area (Å²) in [6.45, 7) is 6.97. The average molecular weight is 242 g/mol. The molecule has 0 aliphatic rings. The molecule has 1 aromatic heterocycles. The molecule has 0 fully saturated rings. The molecule has 0 aliphatic heterocycles. The highest BCUT2D eigenvalue weighted by Crippen LogP contribution is 2.25. The molecule has 94 valence electrons. The molecule has 0 aliphatic carbocycles. The highest BCUT2D eigenvalue weighted by molar-refractivity contribution is 5.75. The molecule has 2 rings (SSSR count). The van der Waals surface area contributed by atoms with Gasteiger partial charge in [0, 0.05) is 12.0 Å². The molecule has 2 aromatic rings. The minimum absolute atomic E-state index is 0.0234. The molecule has 0 bridgehead atoms. The van der Waals surface area contributed by atoms with Crippen LogP contribution in [0.4, 0.5) is 0 Å². The van der Waals surface area contributed by atoms with Gasteiger partial charge in [-0.25, -0.2) is 4.98 Å². The minimum atomic E-state index is -0.125. The maximum atomic E-state index is 8.79. The van der Waals surface area contributed by atoms with E-state index in [2.05, 4.69) is 47.3 Å². The molecule has 4 heteroatoms. The number of H-pyrrole nitrogens is 1. The van der Waals surface area contributed by atoms with E-state index in [1.54, 1.807) is 6.33 Å². The van der Waals surface area contributed by atoms with Crippen LogP contribution in [0.3, 0.4) is 0 Å². The maximum absolute atomic E-state index is 8.79. The number of hydrogen-bond acceptors (Lipinski definition) is 3. The molecule has 2 N–H and O–H groups in total. The largest absolute Gasteiger partial charge is 0.345 e. The fourth-order valence-corrected chi connectivity index (χ4v) is 1.91. The Morgan fingerprint density at radius 3 is 3.00 bits per heavy atom. The molecule has 0 spiro atoms. The van der Waals surface area contributed by atoms with Crippen molar-refractivity contribution < 1.29 is 0 Å². The van der Waals surface area contributed by atoms with Crippen molar-refractivity contribution in [1.82, 2.24) is 15.3 Å². The summed E-state index contributed by atoms with van der Waals surface area (Å²) < 4.78 is 0. The third-order valence-corrected chi connectivity index (χ3v) is 3.25. The number of fused-ring (bicyclic) bond motifs is 1. The van der Waals surface area contributed by atoms with Gasteiger partial charge in [0.15, 0.2) is 0 Å². The quantitative estimate of drug-likeness (QED) is 0.865. The number of hydrogen-bond donors (Lipinski definition) is 2. The van der Waals surface area contributed by atoms with Crippen LogP contribution in [-0.4, -0.2) is 22.6 Å². The van der Waals surface area contributed by atoms with Gasteiger partial charge in [0.25, 0.3) is 0 Å². The first-order valence-corrected chi connectivity index (χ1v) is 6.09. The molecule has 0 saturated carbocycles. The summed E-state index contributed by atoms with van der Waals surface area (Å²) in [5.74, 6) is 0. The van der Waals surface area contributed by atoms with Crippen molar-refractivity contribution in [1.29, 1.82) is 5.26 Å². The van der Waals surface area contributed by atoms with Crippen molar-refractivity contribution in [2.24, 2.45) is 0 Å². The van der Waals surface area contributed by atoms with Gasteiger partial charge in [-0.1, -0.05) is 19.9 Å². The fourth-order valence-electron chi connectivity index (χ4n) is 1.91. The highest BCUT2D eigenvalue weighted by atomic mass is 14.9. The van der Waals surface area contributed by atoms with E-state index in [-0.39, 0.29) is 11.5 Å². The van der Waals surface area contributed by atoms with Gasteiger partial charge in [-0.15, -0.1) is 0 Å². The molecule has 1 atom stereocenters. The third-order valence-electron chi connectivity index (χ3n) is 3.25. The van der Waals surface area contributed by atoms with Gasteiger partial charge in [0.2, 0.25) is 0 Å². The second-order valence-electron chi connectivity index (χ2n) is 5.25. The SMILES string of the molecule is CC(C#N)NCC(C)(C)c1ccc2nc[nH]c2c1. The van der Waals surface area contributed by atoms with Gasteiger partial charge in [-0.3, -0.25) is 0 Å². The van der Waals surface area contributed by atoms with Crippen LogP contribution in [0, 0.1) is 11.3 Å². The monoisotopic (exact) mass is 242 g/mol. The zero-order chi connectivity index (χ0) is 13.2. The van der Waals surface area contributed by atoms with Crippen LogP contribution in [-0.2, 0) is 5.41 Å². The van der Waals surface area contributed by atoms with E-state index in [1.807, 2.05) is 13.0 Å². The lowest BCUT2D eigenvalue weighted by molar-refractivity contribution is 0.457. The summed E-state index contributed by atoms with van der Waals surface area (Å²) in [5.41, 5.74) is 3.24. The fraction of sp³-hybridized carbons (Fsp3) is 0.429. The molecule has 0 saturated heterocycles. The van der Waals surface area contributed by atoms with Crippen molar-refractivity contribution in [2.75, 3.05) is 6.54 Å². The number of benzene rings is 1. The second-order valence-corrected chi connectivity index (χ2v) is 5.25. The van der Waals surface area contributed by atoms with Crippen LogP contribution in [0.25, 0.3) is 11.0 Å². The number of nitrogens with zero attached hydrogens (tertiary/aromatic N) is 2. The number of nitrogens with one attached hydrogen (secondary N) is 2. The number of imidazole rings is 1. The molecule has 1 aromatic carbocycles. The van der Waals surface area contributed by atoms with Crippen LogP contribution in [0.1, 0.15) is 26.3 Å². The Balaban J connectivity index is 2.20. The highest BCUT2D eigenvalue weighted by Gasteiger charge is 2.21. The van der Waals surface area contributed by atoms with Crippen LogP contribution in [0.5, 0.6) is 0 Å². The van der Waals surface area contributed by atoms with Crippen LogP contribution < -0.4 is 5.32 Å². The summed E-state index contributed by atoms with van der Waals surface area (Å²) in [6.07, 6.45) is 1.71. The van der Waals surface area contributed by atoms with Gasteiger partial charge < -0.3 is 10.3 Å². The molecular weight excluding hydrogens is 224 g/mol. The molecule has 0 amide bonds. The zero-order valence-electron chi connectivity index (χ0n) is 11.0. The topological polar surface area (TPSA) is 64.5 Å². The Hall–Kier alpha value is -1.86. The number of aromatic amines is 1. The first kappa shape index (κ1) is 12.6. The maximum Gasteiger partial charge on any atom is 0.0931 e. The van der Waals surface area contributed by atoms with Gasteiger partial charge in [-0.2, -0.15) is 5.26 Å². The summed E-state index contributed by atoms with van der Waals surface area (Å²) in [6, 6.07) is 8.31. The Labute approximate surface area is 107 Å². The van der Waals surface area contributed by atoms with Crippen molar-refractivity contribution in [2.45, 2.75) is 32.2 Å². The summed E-state index contributed by atoms with van der Waals surface area (Å²) in [7, 11) is 0. The number of aromatic nitrogens is 2. The number of nitriles is 1. The molecular formula is C14H18N4. The molecule has 4 nitrogen and oxygen atoms in total. The first-order chi connectivity index (χ1) is 8.53. The Bertz CT molecular complexity index is 577. The van der Waals surface area contributed by atoms with E-state index in [9.17, 15) is 0 Å². The van der Waals surface area contributed by atoms with Crippen LogP contribution in [0.2, 0.25) is 0 Å². The minimum Gasteiger partial charge on any atom is -0.345 e. The first-order valence-electron chi connectivity index (χ1n) is 6.09. The van der Waals surface area contributed by atoms with E-state index < -0.39 is 0 Å². The van der Waals surface area contributed by atoms with E-state index in [0.29, 0.717) is 0 Å². The van der Waals surface area contributed by atoms with Crippen molar-refractivity contribution in [3.63, 3.8) is 0 Å². The molecule has 1 heterocycles. The lowest BCUT2D eigenvalue weighted by Crippen LogP contribution is -2.37. The number of rotatable bonds is 4. The molecule has 0 radical (unpaired) electrons. The summed E-state index contributed by atoms with van der Waals surface area (Å²) in [5, 5.41) is 12.0. The molecule has 1 unspecified atom stereocenters. The molecule has 18 heavy (non-hydrogen) atoms. The zero-order valence-corrected chi connectivity index (χ0v) is 11.0. The third kappa shape index (κ3) is 2.52. The van der Waals surface area contributed by atoms with Crippen molar-refractivity contribution >= 4 is 11.0 Å². The van der Waals surface area contributed by atoms with E-state index in [1.165, 1.54) is 5.56 Å². The predicted molar refractivity (Wildman–Crippen MR) is 72.2 cm³/mol. The Morgan fingerprint density at radius 2 is 2.28 bits per heavy atom. The van der Waals surface area contributed by atoms with Gasteiger partial charge in [0.05, 0.1) is 29.5 Å². The smallest absolute Gasteiger partial charge is 0.0931 e. The van der Waals surface area contributed by atoms with Crippen LogP contribution in [0.15, 0.2) is 24.5 Å². The van der Waals surface area contributed by atoms with Gasteiger partial charge in [0.1, 0.15) is 0 Å². The second kappa shape index (κ2) is 4.79. The summed E-state index contributed by atoms with van der Waals surface area (Å²) >= 11 is 0. The van der Waals surface area contributed by atoms with E-state index in [0.717, 1.165) is 17.6 Å². The van der Waals surface area contributed by atoms with E-state index in [4.69, 9.17) is 5.26 Å². The van der Waals surface area contributed by atoms with E-state index >= 15 is 0 Å². The van der Waals surface area contributed by atoms with Crippen molar-refractivity contribution in [3.8, 4) is 6.07 Å². The van der Waals surface area contributed by atoms with Gasteiger partial charge in [-0.05, 0) is 24.6 Å². The van der Waals surface area contributed by atoms with Crippen LogP contribution >= 0.6 is 0 Å². The lowest BCUT2D eigenvalue weighted by Gasteiger charge is -2.26. The predicted octanol–water partition coefficient (Wildman–Crippen LogP) is 2.34. The lowest BCUT2D eigenvalue weighted by atomic mass is 9.84. The normalized spacial score (nSPS) is 13.4. The Morgan fingerprint density at radius 1 is 1.50 bits per heavy atom. The van der Waals surface area contributed by atoms with Crippen molar-refractivity contribution in [3.05, 3.63) is 30.1 Å². The summed E-state index contributed by atoms with van der Waals surface area (Å²) in [4.78, 5) is 7.34. The Kier molecular flexibility index (Phi) is 3.35. The van der Waals surface area contributed by atoms with Gasteiger partial charge >= 0.3 is 0 Å².